The van der Waals surface area contributed by atoms with Crippen LogP contribution in [0.2, 0.25) is 0 Å². The normalized spacial score (nSPS) is 10.3. The topological polar surface area (TPSA) is 81.0 Å². The van der Waals surface area contributed by atoms with Crippen molar-refractivity contribution >= 4 is 5.69 Å². The highest BCUT2D eigenvalue weighted by atomic mass is 16.5. The zero-order chi connectivity index (χ0) is 13.1. The predicted octanol–water partition coefficient (Wildman–Crippen LogP) is 1.55. The molecule has 5 heteroatoms. The summed E-state index contributed by atoms with van der Waals surface area (Å²) in [4.78, 5) is 17.8. The fourth-order valence-electron chi connectivity index (χ4n) is 1.62. The van der Waals surface area contributed by atoms with Crippen LogP contribution in [-0.2, 0) is 6.61 Å². The highest BCUT2D eigenvalue weighted by molar-refractivity contribution is 5.35. The molecule has 0 bridgehead atoms. The standard InChI is InChI=1S/C13H15N3O2/c1-8-3-4-11(9(2)5-8)18-7-12-15-6-10(14)13(17)16-12/h3-6H,7,14H2,1-2H3,(H,15,16,17). The monoisotopic (exact) mass is 245 g/mol. The summed E-state index contributed by atoms with van der Waals surface area (Å²) in [6, 6.07) is 5.91. The van der Waals surface area contributed by atoms with Crippen LogP contribution in [-0.4, -0.2) is 9.97 Å². The van der Waals surface area contributed by atoms with E-state index < -0.39 is 0 Å². The quantitative estimate of drug-likeness (QED) is 0.859. The SMILES string of the molecule is Cc1ccc(OCc2ncc(N)c(=O)[nH]2)c(C)c1. The van der Waals surface area contributed by atoms with Crippen molar-refractivity contribution in [3.8, 4) is 5.75 Å². The van der Waals surface area contributed by atoms with Crippen molar-refractivity contribution in [3.05, 3.63) is 51.7 Å². The van der Waals surface area contributed by atoms with E-state index in [4.69, 9.17) is 10.5 Å². The molecule has 1 aromatic carbocycles. The molecule has 0 unspecified atom stereocenters. The number of hydrogen-bond acceptors (Lipinski definition) is 4. The Bertz CT molecular complexity index is 620. The maximum Gasteiger partial charge on any atom is 0.274 e. The molecule has 94 valence electrons. The van der Waals surface area contributed by atoms with Crippen LogP contribution in [0.15, 0.2) is 29.2 Å². The summed E-state index contributed by atoms with van der Waals surface area (Å²) in [6.07, 6.45) is 1.33. The molecule has 0 aliphatic rings. The minimum absolute atomic E-state index is 0.102. The van der Waals surface area contributed by atoms with E-state index in [-0.39, 0.29) is 17.9 Å². The van der Waals surface area contributed by atoms with Crippen LogP contribution in [0.3, 0.4) is 0 Å². The number of anilines is 1. The number of aryl methyl sites for hydroxylation is 2. The minimum atomic E-state index is -0.343. The van der Waals surface area contributed by atoms with Crippen LogP contribution in [0.4, 0.5) is 5.69 Å². The fraction of sp³-hybridized carbons (Fsp3) is 0.231. The molecule has 1 heterocycles. The van der Waals surface area contributed by atoms with Crippen molar-refractivity contribution < 1.29 is 4.74 Å². The lowest BCUT2D eigenvalue weighted by Gasteiger charge is -2.09. The van der Waals surface area contributed by atoms with E-state index in [2.05, 4.69) is 9.97 Å². The first-order chi connectivity index (χ1) is 8.56. The van der Waals surface area contributed by atoms with Crippen molar-refractivity contribution in [3.63, 3.8) is 0 Å². The molecule has 2 rings (SSSR count). The second kappa shape index (κ2) is 4.91. The molecule has 18 heavy (non-hydrogen) atoms. The number of nitrogens with two attached hydrogens (primary N) is 1. The summed E-state index contributed by atoms with van der Waals surface area (Å²) in [5, 5.41) is 0. The first-order valence-corrected chi connectivity index (χ1v) is 5.60. The second-order valence-corrected chi connectivity index (χ2v) is 4.17. The van der Waals surface area contributed by atoms with E-state index >= 15 is 0 Å². The summed E-state index contributed by atoms with van der Waals surface area (Å²) in [5.41, 5.74) is 7.38. The number of rotatable bonds is 3. The zero-order valence-corrected chi connectivity index (χ0v) is 10.4. The van der Waals surface area contributed by atoms with Crippen molar-refractivity contribution in [2.45, 2.75) is 20.5 Å². The zero-order valence-electron chi connectivity index (χ0n) is 10.4. The van der Waals surface area contributed by atoms with E-state index in [0.29, 0.717) is 5.82 Å². The average Bonchev–Trinajstić information content (AvgIpc) is 2.32. The van der Waals surface area contributed by atoms with Gasteiger partial charge in [-0.25, -0.2) is 4.98 Å². The van der Waals surface area contributed by atoms with Crippen LogP contribution < -0.4 is 16.0 Å². The van der Waals surface area contributed by atoms with Gasteiger partial charge in [-0.1, -0.05) is 17.7 Å². The van der Waals surface area contributed by atoms with Gasteiger partial charge >= 0.3 is 0 Å². The molecular weight excluding hydrogens is 230 g/mol. The number of aromatic nitrogens is 2. The first-order valence-electron chi connectivity index (χ1n) is 5.60. The smallest absolute Gasteiger partial charge is 0.274 e. The van der Waals surface area contributed by atoms with E-state index in [0.717, 1.165) is 11.3 Å². The summed E-state index contributed by atoms with van der Waals surface area (Å²) in [7, 11) is 0. The van der Waals surface area contributed by atoms with Gasteiger partial charge in [0.15, 0.2) is 0 Å². The van der Waals surface area contributed by atoms with Gasteiger partial charge in [-0.3, -0.25) is 4.79 Å². The number of nitrogens with zero attached hydrogens (tertiary/aromatic N) is 1. The highest BCUT2D eigenvalue weighted by Crippen LogP contribution is 2.19. The summed E-state index contributed by atoms with van der Waals surface area (Å²) in [6.45, 7) is 4.21. The largest absolute Gasteiger partial charge is 0.485 e. The molecule has 3 N–H and O–H groups in total. The van der Waals surface area contributed by atoms with Crippen molar-refractivity contribution in [2.75, 3.05) is 5.73 Å². The summed E-state index contributed by atoms with van der Waals surface area (Å²) < 4.78 is 5.60. The molecule has 0 aliphatic carbocycles. The van der Waals surface area contributed by atoms with Gasteiger partial charge in [0, 0.05) is 0 Å². The van der Waals surface area contributed by atoms with Gasteiger partial charge in [0.2, 0.25) is 0 Å². The number of H-pyrrole nitrogens is 1. The van der Waals surface area contributed by atoms with Crippen LogP contribution >= 0.6 is 0 Å². The van der Waals surface area contributed by atoms with Crippen LogP contribution in [0.25, 0.3) is 0 Å². The lowest BCUT2D eigenvalue weighted by atomic mass is 10.1. The molecule has 0 saturated carbocycles. The van der Waals surface area contributed by atoms with E-state index in [9.17, 15) is 4.79 Å². The fourth-order valence-corrected chi connectivity index (χ4v) is 1.62. The number of hydrogen-bond donors (Lipinski definition) is 2. The Morgan fingerprint density at radius 1 is 1.39 bits per heavy atom. The number of nitrogen functional groups attached to an aromatic ring is 1. The maximum absolute atomic E-state index is 11.3. The molecule has 0 atom stereocenters. The molecule has 1 aromatic heterocycles. The maximum atomic E-state index is 11.3. The van der Waals surface area contributed by atoms with Gasteiger partial charge in [-0.15, -0.1) is 0 Å². The Labute approximate surface area is 105 Å². The van der Waals surface area contributed by atoms with Crippen LogP contribution in [0, 0.1) is 13.8 Å². The molecule has 0 radical (unpaired) electrons. The van der Waals surface area contributed by atoms with Crippen molar-refractivity contribution in [2.24, 2.45) is 0 Å². The molecule has 0 fully saturated rings. The second-order valence-electron chi connectivity index (χ2n) is 4.17. The van der Waals surface area contributed by atoms with E-state index in [1.165, 1.54) is 11.8 Å². The van der Waals surface area contributed by atoms with Crippen LogP contribution in [0.1, 0.15) is 17.0 Å². The van der Waals surface area contributed by atoms with E-state index in [1.54, 1.807) is 0 Å². The van der Waals surface area contributed by atoms with Gasteiger partial charge in [0.25, 0.3) is 5.56 Å². The predicted molar refractivity (Wildman–Crippen MR) is 69.5 cm³/mol. The van der Waals surface area contributed by atoms with Gasteiger partial charge in [0.05, 0.1) is 6.20 Å². The lowest BCUT2D eigenvalue weighted by molar-refractivity contribution is 0.293. The summed E-state index contributed by atoms with van der Waals surface area (Å²) in [5.74, 6) is 1.23. The molecule has 0 aliphatic heterocycles. The highest BCUT2D eigenvalue weighted by Gasteiger charge is 2.03. The Kier molecular flexibility index (Phi) is 3.32. The molecule has 0 amide bonds. The number of ether oxygens (including phenoxy) is 1. The number of aromatic amines is 1. The first kappa shape index (κ1) is 12.2. The Morgan fingerprint density at radius 3 is 2.83 bits per heavy atom. The van der Waals surface area contributed by atoms with Crippen molar-refractivity contribution in [1.82, 2.24) is 9.97 Å². The third-order valence-electron chi connectivity index (χ3n) is 2.57. The number of benzene rings is 1. The van der Waals surface area contributed by atoms with Gasteiger partial charge in [0.1, 0.15) is 23.9 Å². The molecule has 5 nitrogen and oxygen atoms in total. The van der Waals surface area contributed by atoms with E-state index in [1.807, 2.05) is 32.0 Å². The molecular formula is C13H15N3O2. The average molecular weight is 245 g/mol. The Balaban J connectivity index is 2.11. The lowest BCUT2D eigenvalue weighted by Crippen LogP contribution is -2.16. The Hall–Kier alpha value is -2.30. The molecule has 0 spiro atoms. The minimum Gasteiger partial charge on any atom is -0.485 e. The van der Waals surface area contributed by atoms with Gasteiger partial charge in [-0.05, 0) is 25.5 Å². The molecule has 2 aromatic rings. The van der Waals surface area contributed by atoms with Gasteiger partial charge < -0.3 is 15.5 Å². The third kappa shape index (κ3) is 2.68. The molecule has 0 saturated heterocycles. The Morgan fingerprint density at radius 2 is 2.17 bits per heavy atom. The number of nitrogens with one attached hydrogen (secondary N) is 1. The van der Waals surface area contributed by atoms with Crippen molar-refractivity contribution in [1.29, 1.82) is 0 Å². The third-order valence-corrected chi connectivity index (χ3v) is 2.57. The van der Waals surface area contributed by atoms with Crippen LogP contribution in [0.5, 0.6) is 5.75 Å². The van der Waals surface area contributed by atoms with Gasteiger partial charge in [-0.2, -0.15) is 0 Å². The summed E-state index contributed by atoms with van der Waals surface area (Å²) >= 11 is 0.